The van der Waals surface area contributed by atoms with Crippen LogP contribution in [0.3, 0.4) is 0 Å². The maximum atomic E-state index is 10.2. The molecule has 126 valence electrons. The van der Waals surface area contributed by atoms with E-state index in [4.69, 9.17) is 9.47 Å². The molecule has 0 saturated carbocycles. The molecule has 0 aromatic heterocycles. The highest BCUT2D eigenvalue weighted by Gasteiger charge is 2.21. The quantitative estimate of drug-likeness (QED) is 0.694. The normalized spacial score (nSPS) is 15.2. The van der Waals surface area contributed by atoms with Gasteiger partial charge < -0.3 is 19.7 Å². The molecule has 4 nitrogen and oxygen atoms in total. The molecule has 3 unspecified atom stereocenters. The standard InChI is InChI=1S/C18H30O4/c1-5-8-16(19)17(20)11-13(4)15-12-14(21-6-2)9-10-18(15)22-7-3/h9-10,12-13,16-17,19-20H,5-8,11H2,1-4H3. The van der Waals surface area contributed by atoms with Crippen LogP contribution in [0.2, 0.25) is 0 Å². The SMILES string of the molecule is CCCC(O)C(O)CC(C)c1cc(OCC)ccc1OCC. The molecule has 0 radical (unpaired) electrons. The zero-order chi connectivity index (χ0) is 16.5. The van der Waals surface area contributed by atoms with Crippen LogP contribution in [0.1, 0.15) is 58.4 Å². The molecular weight excluding hydrogens is 280 g/mol. The van der Waals surface area contributed by atoms with Gasteiger partial charge in [-0.25, -0.2) is 0 Å². The zero-order valence-corrected chi connectivity index (χ0v) is 14.2. The van der Waals surface area contributed by atoms with Crippen molar-refractivity contribution in [3.8, 4) is 11.5 Å². The Morgan fingerprint density at radius 3 is 2.27 bits per heavy atom. The highest BCUT2D eigenvalue weighted by Crippen LogP contribution is 2.33. The van der Waals surface area contributed by atoms with Gasteiger partial charge in [0.15, 0.2) is 0 Å². The first-order valence-corrected chi connectivity index (χ1v) is 8.29. The molecule has 0 aliphatic carbocycles. The third kappa shape index (κ3) is 5.50. The summed E-state index contributed by atoms with van der Waals surface area (Å²) in [4.78, 5) is 0. The third-order valence-electron chi connectivity index (χ3n) is 3.75. The molecule has 1 aromatic rings. The van der Waals surface area contributed by atoms with Crippen molar-refractivity contribution >= 4 is 0 Å². The van der Waals surface area contributed by atoms with Gasteiger partial charge in [0.05, 0.1) is 25.4 Å². The number of aliphatic hydroxyl groups excluding tert-OH is 2. The number of hydrogen-bond acceptors (Lipinski definition) is 4. The van der Waals surface area contributed by atoms with Crippen LogP contribution in [0.15, 0.2) is 18.2 Å². The molecule has 2 N–H and O–H groups in total. The number of ether oxygens (including phenoxy) is 2. The first-order valence-electron chi connectivity index (χ1n) is 8.29. The topological polar surface area (TPSA) is 58.9 Å². The maximum Gasteiger partial charge on any atom is 0.123 e. The molecule has 0 fully saturated rings. The Morgan fingerprint density at radius 2 is 1.68 bits per heavy atom. The lowest BCUT2D eigenvalue weighted by Crippen LogP contribution is -2.27. The lowest BCUT2D eigenvalue weighted by molar-refractivity contribution is 0.00625. The molecule has 0 spiro atoms. The Bertz CT molecular complexity index is 433. The lowest BCUT2D eigenvalue weighted by atomic mass is 9.91. The summed E-state index contributed by atoms with van der Waals surface area (Å²) >= 11 is 0. The van der Waals surface area contributed by atoms with E-state index in [1.807, 2.05) is 45.9 Å². The maximum absolute atomic E-state index is 10.2. The molecule has 0 aliphatic rings. The summed E-state index contributed by atoms with van der Waals surface area (Å²) < 4.78 is 11.2. The molecule has 0 bridgehead atoms. The third-order valence-corrected chi connectivity index (χ3v) is 3.75. The molecule has 0 saturated heterocycles. The van der Waals surface area contributed by atoms with Crippen molar-refractivity contribution in [2.24, 2.45) is 0 Å². The second-order valence-electron chi connectivity index (χ2n) is 5.63. The van der Waals surface area contributed by atoms with Crippen molar-refractivity contribution in [2.45, 2.75) is 65.1 Å². The fraction of sp³-hybridized carbons (Fsp3) is 0.667. The van der Waals surface area contributed by atoms with Crippen LogP contribution in [-0.2, 0) is 0 Å². The summed E-state index contributed by atoms with van der Waals surface area (Å²) in [6.07, 6.45) is 0.580. The van der Waals surface area contributed by atoms with E-state index in [1.54, 1.807) is 0 Å². The summed E-state index contributed by atoms with van der Waals surface area (Å²) in [5.41, 5.74) is 1.01. The van der Waals surface area contributed by atoms with Crippen molar-refractivity contribution < 1.29 is 19.7 Å². The van der Waals surface area contributed by atoms with Gasteiger partial charge in [0.2, 0.25) is 0 Å². The van der Waals surface area contributed by atoms with E-state index < -0.39 is 12.2 Å². The summed E-state index contributed by atoms with van der Waals surface area (Å²) in [6, 6.07) is 5.78. The number of rotatable bonds is 10. The van der Waals surface area contributed by atoms with Gasteiger partial charge >= 0.3 is 0 Å². The van der Waals surface area contributed by atoms with Gasteiger partial charge in [0.25, 0.3) is 0 Å². The van der Waals surface area contributed by atoms with Gasteiger partial charge in [-0.15, -0.1) is 0 Å². The second-order valence-corrected chi connectivity index (χ2v) is 5.63. The van der Waals surface area contributed by atoms with Crippen molar-refractivity contribution in [2.75, 3.05) is 13.2 Å². The van der Waals surface area contributed by atoms with Crippen LogP contribution < -0.4 is 9.47 Å². The molecule has 3 atom stereocenters. The van der Waals surface area contributed by atoms with Gasteiger partial charge in [0.1, 0.15) is 11.5 Å². The van der Waals surface area contributed by atoms with E-state index in [-0.39, 0.29) is 5.92 Å². The molecule has 4 heteroatoms. The second kappa shape index (κ2) is 9.70. The van der Waals surface area contributed by atoms with Crippen LogP contribution in [-0.4, -0.2) is 35.6 Å². The largest absolute Gasteiger partial charge is 0.494 e. The minimum Gasteiger partial charge on any atom is -0.494 e. The van der Waals surface area contributed by atoms with Gasteiger partial charge in [-0.3, -0.25) is 0 Å². The van der Waals surface area contributed by atoms with E-state index in [0.29, 0.717) is 26.1 Å². The van der Waals surface area contributed by atoms with Gasteiger partial charge in [-0.05, 0) is 50.8 Å². The first-order chi connectivity index (χ1) is 10.5. The Hall–Kier alpha value is -1.26. The molecule has 1 rings (SSSR count). The smallest absolute Gasteiger partial charge is 0.123 e. The summed E-state index contributed by atoms with van der Waals surface area (Å²) in [7, 11) is 0. The Kier molecular flexibility index (Phi) is 8.28. The summed E-state index contributed by atoms with van der Waals surface area (Å²) in [6.45, 7) is 9.14. The molecule has 22 heavy (non-hydrogen) atoms. The van der Waals surface area contributed by atoms with E-state index in [0.717, 1.165) is 23.5 Å². The molecular formula is C18H30O4. The van der Waals surface area contributed by atoms with Crippen molar-refractivity contribution in [1.82, 2.24) is 0 Å². The number of hydrogen-bond donors (Lipinski definition) is 2. The van der Waals surface area contributed by atoms with Crippen molar-refractivity contribution in [1.29, 1.82) is 0 Å². The predicted octanol–water partition coefficient (Wildman–Crippen LogP) is 3.50. The van der Waals surface area contributed by atoms with Gasteiger partial charge in [0, 0.05) is 5.56 Å². The Morgan fingerprint density at radius 1 is 1.00 bits per heavy atom. The summed E-state index contributed by atoms with van der Waals surface area (Å²) in [5.74, 6) is 1.69. The van der Waals surface area contributed by atoms with E-state index in [1.165, 1.54) is 0 Å². The first kappa shape index (κ1) is 18.8. The fourth-order valence-electron chi connectivity index (χ4n) is 2.59. The minimum atomic E-state index is -0.722. The molecule has 0 heterocycles. The molecule has 0 amide bonds. The highest BCUT2D eigenvalue weighted by atomic mass is 16.5. The number of benzene rings is 1. The number of aliphatic hydroxyl groups is 2. The van der Waals surface area contributed by atoms with Crippen molar-refractivity contribution in [3.05, 3.63) is 23.8 Å². The fourth-order valence-corrected chi connectivity index (χ4v) is 2.59. The predicted molar refractivity (Wildman–Crippen MR) is 88.7 cm³/mol. The van der Waals surface area contributed by atoms with Crippen molar-refractivity contribution in [3.63, 3.8) is 0 Å². The van der Waals surface area contributed by atoms with Gasteiger partial charge in [-0.1, -0.05) is 20.3 Å². The van der Waals surface area contributed by atoms with Crippen LogP contribution in [0, 0.1) is 0 Å². The monoisotopic (exact) mass is 310 g/mol. The van der Waals surface area contributed by atoms with E-state index >= 15 is 0 Å². The van der Waals surface area contributed by atoms with Crippen LogP contribution in [0.25, 0.3) is 0 Å². The molecule has 0 aliphatic heterocycles. The zero-order valence-electron chi connectivity index (χ0n) is 14.2. The Balaban J connectivity index is 2.88. The van der Waals surface area contributed by atoms with E-state index in [9.17, 15) is 10.2 Å². The lowest BCUT2D eigenvalue weighted by Gasteiger charge is -2.23. The summed E-state index contributed by atoms with van der Waals surface area (Å²) in [5, 5.41) is 20.1. The molecule has 1 aromatic carbocycles. The van der Waals surface area contributed by atoms with Crippen LogP contribution >= 0.6 is 0 Å². The van der Waals surface area contributed by atoms with Crippen LogP contribution in [0.4, 0.5) is 0 Å². The average Bonchev–Trinajstić information content (AvgIpc) is 2.49. The minimum absolute atomic E-state index is 0.0727. The average molecular weight is 310 g/mol. The highest BCUT2D eigenvalue weighted by molar-refractivity contribution is 5.42. The Labute approximate surface area is 134 Å². The van der Waals surface area contributed by atoms with Crippen LogP contribution in [0.5, 0.6) is 11.5 Å². The van der Waals surface area contributed by atoms with E-state index in [2.05, 4.69) is 0 Å². The van der Waals surface area contributed by atoms with Gasteiger partial charge in [-0.2, -0.15) is 0 Å².